The monoisotopic (exact) mass is 195 g/mol. The van der Waals surface area contributed by atoms with Gasteiger partial charge in [-0.25, -0.2) is 4.98 Å². The van der Waals surface area contributed by atoms with Crippen LogP contribution in [0, 0.1) is 0 Å². The first kappa shape index (κ1) is 8.24. The van der Waals surface area contributed by atoms with E-state index in [2.05, 4.69) is 17.1 Å². The number of benzene rings is 1. The maximum absolute atomic E-state index is 5.39. The number of hydrogen-bond acceptors (Lipinski definition) is 2. The zero-order valence-corrected chi connectivity index (χ0v) is 8.05. The fourth-order valence-corrected chi connectivity index (χ4v) is 1.71. The Morgan fingerprint density at radius 2 is 1.80 bits per heavy atom. The van der Waals surface area contributed by atoms with Gasteiger partial charge in [-0.05, 0) is 17.7 Å². The van der Waals surface area contributed by atoms with E-state index in [9.17, 15) is 0 Å². The minimum absolute atomic E-state index is 0.691. The van der Waals surface area contributed by atoms with Crippen molar-refractivity contribution < 1.29 is 4.42 Å². The Kier molecular flexibility index (Phi) is 1.78. The Hall–Kier alpha value is -2.09. The molecule has 0 saturated carbocycles. The summed E-state index contributed by atoms with van der Waals surface area (Å²) < 4.78 is 5.39. The summed E-state index contributed by atoms with van der Waals surface area (Å²) in [5.41, 5.74) is 2.94. The smallest absolute Gasteiger partial charge is 0.226 e. The highest BCUT2D eigenvalue weighted by Gasteiger charge is 2.06. The number of nitrogens with zero attached hydrogens (tertiary/aromatic N) is 1. The molecule has 0 unspecified atom stereocenters. The van der Waals surface area contributed by atoms with Crippen molar-refractivity contribution in [2.75, 3.05) is 0 Å². The fourth-order valence-electron chi connectivity index (χ4n) is 1.71. The normalized spacial score (nSPS) is 10.7. The van der Waals surface area contributed by atoms with Gasteiger partial charge < -0.3 is 4.42 Å². The number of hydrogen-bond donors (Lipinski definition) is 0. The van der Waals surface area contributed by atoms with Crippen molar-refractivity contribution in [3.8, 4) is 11.1 Å². The van der Waals surface area contributed by atoms with Gasteiger partial charge in [-0.1, -0.05) is 30.3 Å². The van der Waals surface area contributed by atoms with E-state index in [0.717, 1.165) is 16.5 Å². The van der Waals surface area contributed by atoms with Gasteiger partial charge in [-0.2, -0.15) is 0 Å². The van der Waals surface area contributed by atoms with Crippen LogP contribution in [0.3, 0.4) is 0 Å². The van der Waals surface area contributed by atoms with Crippen LogP contribution in [0.1, 0.15) is 0 Å². The van der Waals surface area contributed by atoms with Gasteiger partial charge in [0.05, 0.1) is 0 Å². The van der Waals surface area contributed by atoms with Crippen molar-refractivity contribution in [1.29, 1.82) is 0 Å². The van der Waals surface area contributed by atoms with E-state index in [0.29, 0.717) is 5.71 Å². The molecule has 0 bridgehead atoms. The van der Waals surface area contributed by atoms with Crippen molar-refractivity contribution in [2.45, 2.75) is 0 Å². The molecule has 15 heavy (non-hydrogen) atoms. The Labute approximate surface area is 87.2 Å². The van der Waals surface area contributed by atoms with E-state index in [1.54, 1.807) is 12.5 Å². The molecule has 0 saturated heterocycles. The lowest BCUT2D eigenvalue weighted by molar-refractivity contribution is 0.604. The summed E-state index contributed by atoms with van der Waals surface area (Å²) in [6, 6.07) is 14.1. The first-order valence-electron chi connectivity index (χ1n) is 4.83. The number of furan rings is 1. The van der Waals surface area contributed by atoms with E-state index >= 15 is 0 Å². The van der Waals surface area contributed by atoms with Crippen LogP contribution in [0.15, 0.2) is 59.3 Å². The van der Waals surface area contributed by atoms with E-state index in [1.165, 1.54) is 0 Å². The largest absolute Gasteiger partial charge is 0.445 e. The Morgan fingerprint density at radius 3 is 2.67 bits per heavy atom. The lowest BCUT2D eigenvalue weighted by Gasteiger charge is -1.96. The molecule has 2 nitrogen and oxygen atoms in total. The molecule has 2 aromatic heterocycles. The molecule has 0 spiro atoms. The molecule has 0 atom stereocenters. The SMILES string of the molecule is c1ccc(-c2coc3ncccc23)cc1. The molecule has 0 aliphatic rings. The molecule has 0 aliphatic heterocycles. The van der Waals surface area contributed by atoms with Crippen molar-refractivity contribution in [2.24, 2.45) is 0 Å². The maximum atomic E-state index is 5.39. The minimum atomic E-state index is 0.691. The summed E-state index contributed by atoms with van der Waals surface area (Å²) >= 11 is 0. The summed E-state index contributed by atoms with van der Waals surface area (Å²) in [6.45, 7) is 0. The molecule has 0 aliphatic carbocycles. The second-order valence-corrected chi connectivity index (χ2v) is 3.37. The van der Waals surface area contributed by atoms with Gasteiger partial charge in [0.1, 0.15) is 6.26 Å². The van der Waals surface area contributed by atoms with Crippen molar-refractivity contribution in [1.82, 2.24) is 4.98 Å². The molecule has 3 rings (SSSR count). The molecule has 72 valence electrons. The van der Waals surface area contributed by atoms with Gasteiger partial charge in [0.25, 0.3) is 0 Å². The van der Waals surface area contributed by atoms with Crippen LogP contribution >= 0.6 is 0 Å². The third kappa shape index (κ3) is 1.31. The molecule has 3 aromatic rings. The standard InChI is InChI=1S/C13H9NO/c1-2-5-10(6-3-1)12-9-15-13-11(12)7-4-8-14-13/h1-9H. The first-order valence-corrected chi connectivity index (χ1v) is 4.83. The van der Waals surface area contributed by atoms with Gasteiger partial charge in [-0.15, -0.1) is 0 Å². The summed E-state index contributed by atoms with van der Waals surface area (Å²) in [4.78, 5) is 4.16. The van der Waals surface area contributed by atoms with Gasteiger partial charge in [0, 0.05) is 17.1 Å². The molecule has 0 amide bonds. The summed E-state index contributed by atoms with van der Waals surface area (Å²) in [6.07, 6.45) is 3.49. The first-order chi connectivity index (χ1) is 7.45. The van der Waals surface area contributed by atoms with Crippen LogP contribution in [0.4, 0.5) is 0 Å². The van der Waals surface area contributed by atoms with Crippen molar-refractivity contribution >= 4 is 11.1 Å². The molecule has 2 heterocycles. The third-order valence-electron chi connectivity index (χ3n) is 2.43. The molecule has 2 heteroatoms. The number of rotatable bonds is 1. The zero-order chi connectivity index (χ0) is 10.1. The van der Waals surface area contributed by atoms with Crippen molar-refractivity contribution in [3.63, 3.8) is 0 Å². The Balaban J connectivity index is 2.28. The second kappa shape index (κ2) is 3.24. The van der Waals surface area contributed by atoms with Gasteiger partial charge in [0.2, 0.25) is 5.71 Å². The van der Waals surface area contributed by atoms with E-state index in [4.69, 9.17) is 4.42 Å². The fraction of sp³-hybridized carbons (Fsp3) is 0. The van der Waals surface area contributed by atoms with Crippen LogP contribution in [-0.4, -0.2) is 4.98 Å². The van der Waals surface area contributed by atoms with E-state index < -0.39 is 0 Å². The number of aromatic nitrogens is 1. The van der Waals surface area contributed by atoms with Gasteiger partial charge >= 0.3 is 0 Å². The average molecular weight is 195 g/mol. The topological polar surface area (TPSA) is 26.0 Å². The highest BCUT2D eigenvalue weighted by Crippen LogP contribution is 2.28. The Bertz CT molecular complexity index is 584. The third-order valence-corrected chi connectivity index (χ3v) is 2.43. The average Bonchev–Trinajstić information content (AvgIpc) is 2.74. The Morgan fingerprint density at radius 1 is 0.933 bits per heavy atom. The van der Waals surface area contributed by atoms with E-state index in [-0.39, 0.29) is 0 Å². The zero-order valence-electron chi connectivity index (χ0n) is 8.05. The molecule has 0 N–H and O–H groups in total. The molecule has 1 aromatic carbocycles. The number of pyridine rings is 1. The summed E-state index contributed by atoms with van der Waals surface area (Å²) in [5.74, 6) is 0. The van der Waals surface area contributed by atoms with Crippen LogP contribution in [0.2, 0.25) is 0 Å². The molecule has 0 fully saturated rings. The van der Waals surface area contributed by atoms with Crippen molar-refractivity contribution in [3.05, 3.63) is 54.9 Å². The predicted octanol–water partition coefficient (Wildman–Crippen LogP) is 3.49. The van der Waals surface area contributed by atoms with E-state index in [1.807, 2.05) is 30.3 Å². The van der Waals surface area contributed by atoms with Crippen LogP contribution in [0.25, 0.3) is 22.2 Å². The predicted molar refractivity (Wildman–Crippen MR) is 59.4 cm³/mol. The second-order valence-electron chi connectivity index (χ2n) is 3.37. The van der Waals surface area contributed by atoms with Crippen LogP contribution < -0.4 is 0 Å². The highest BCUT2D eigenvalue weighted by molar-refractivity contribution is 5.91. The maximum Gasteiger partial charge on any atom is 0.226 e. The molecule has 0 radical (unpaired) electrons. The van der Waals surface area contributed by atoms with Gasteiger partial charge in [-0.3, -0.25) is 0 Å². The summed E-state index contributed by atoms with van der Waals surface area (Å²) in [5, 5.41) is 1.06. The van der Waals surface area contributed by atoms with Crippen LogP contribution in [0.5, 0.6) is 0 Å². The highest BCUT2D eigenvalue weighted by atomic mass is 16.3. The lowest BCUT2D eigenvalue weighted by Crippen LogP contribution is -1.74. The number of fused-ring (bicyclic) bond motifs is 1. The molecular weight excluding hydrogens is 186 g/mol. The molecular formula is C13H9NO. The quantitative estimate of drug-likeness (QED) is 0.594. The summed E-state index contributed by atoms with van der Waals surface area (Å²) in [7, 11) is 0. The van der Waals surface area contributed by atoms with Crippen LogP contribution in [-0.2, 0) is 0 Å². The lowest BCUT2D eigenvalue weighted by atomic mass is 10.1. The minimum Gasteiger partial charge on any atom is -0.445 e. The van der Waals surface area contributed by atoms with Gasteiger partial charge in [0.15, 0.2) is 0 Å².